The van der Waals surface area contributed by atoms with Crippen LogP contribution in [0.4, 0.5) is 0 Å². The minimum atomic E-state index is -0.785. The highest BCUT2D eigenvalue weighted by Gasteiger charge is 2.14. The van der Waals surface area contributed by atoms with Crippen LogP contribution in [0.15, 0.2) is 18.3 Å². The largest absolute Gasteiger partial charge is 0.481 e. The summed E-state index contributed by atoms with van der Waals surface area (Å²) >= 11 is 1.76. The summed E-state index contributed by atoms with van der Waals surface area (Å²) in [7, 11) is 0. The van der Waals surface area contributed by atoms with Crippen LogP contribution in [0.1, 0.15) is 33.0 Å². The van der Waals surface area contributed by atoms with Crippen molar-refractivity contribution in [1.29, 1.82) is 0 Å². The lowest BCUT2D eigenvalue weighted by Crippen LogP contribution is -2.06. The third-order valence-electron chi connectivity index (χ3n) is 4.07. The molecule has 0 amide bonds. The first-order chi connectivity index (χ1) is 11.0. The molecule has 3 rings (SSSR count). The molecule has 0 aliphatic carbocycles. The highest BCUT2D eigenvalue weighted by Crippen LogP contribution is 2.25. The predicted molar refractivity (Wildman–Crippen MR) is 91.1 cm³/mol. The number of rotatable bonds is 5. The molecule has 5 nitrogen and oxygen atoms in total. The van der Waals surface area contributed by atoms with E-state index in [0.29, 0.717) is 13.0 Å². The maximum absolute atomic E-state index is 10.8. The molecule has 0 fully saturated rings. The summed E-state index contributed by atoms with van der Waals surface area (Å²) in [5.74, 6) is -0.785. The Balaban J connectivity index is 1.99. The van der Waals surface area contributed by atoms with Crippen LogP contribution in [0.5, 0.6) is 0 Å². The van der Waals surface area contributed by atoms with Crippen molar-refractivity contribution in [2.45, 2.75) is 40.2 Å². The minimum Gasteiger partial charge on any atom is -0.481 e. The van der Waals surface area contributed by atoms with Crippen molar-refractivity contribution in [2.24, 2.45) is 0 Å². The van der Waals surface area contributed by atoms with Gasteiger partial charge in [0, 0.05) is 27.3 Å². The number of thiophene rings is 1. The van der Waals surface area contributed by atoms with E-state index in [-0.39, 0.29) is 6.42 Å². The number of aromatic nitrogens is 3. The molecule has 0 saturated heterocycles. The first kappa shape index (κ1) is 15.7. The van der Waals surface area contributed by atoms with Crippen LogP contribution in [-0.2, 0) is 17.8 Å². The highest BCUT2D eigenvalue weighted by molar-refractivity contribution is 7.11. The van der Waals surface area contributed by atoms with E-state index in [0.717, 1.165) is 27.9 Å². The van der Waals surface area contributed by atoms with Crippen molar-refractivity contribution in [3.05, 3.63) is 44.9 Å². The zero-order valence-electron chi connectivity index (χ0n) is 13.5. The van der Waals surface area contributed by atoms with Crippen molar-refractivity contribution < 1.29 is 9.90 Å². The molecule has 0 aromatic carbocycles. The smallest absolute Gasteiger partial charge is 0.303 e. The van der Waals surface area contributed by atoms with Gasteiger partial charge in [0.15, 0.2) is 5.65 Å². The van der Waals surface area contributed by atoms with Gasteiger partial charge in [-0.3, -0.25) is 4.79 Å². The standard InChI is InChI=1S/C17H19N3O2S/c1-10-4-5-13(23-10)9-20-17-15(8-18-20)11(2)14(12(3)19-17)6-7-16(21)22/h4-5,8H,6-7,9H2,1-3H3,(H,21,22). The molecule has 0 atom stereocenters. The normalized spacial score (nSPS) is 11.3. The van der Waals surface area contributed by atoms with E-state index in [1.165, 1.54) is 9.75 Å². The summed E-state index contributed by atoms with van der Waals surface area (Å²) in [5.41, 5.74) is 3.86. The molecule has 0 aliphatic heterocycles. The Kier molecular flexibility index (Phi) is 4.17. The summed E-state index contributed by atoms with van der Waals surface area (Å²) in [6, 6.07) is 4.23. The first-order valence-corrected chi connectivity index (χ1v) is 8.36. The molecule has 23 heavy (non-hydrogen) atoms. The Morgan fingerprint density at radius 2 is 2.09 bits per heavy atom. The van der Waals surface area contributed by atoms with Crippen LogP contribution in [0.2, 0.25) is 0 Å². The van der Waals surface area contributed by atoms with E-state index in [1.54, 1.807) is 11.3 Å². The van der Waals surface area contributed by atoms with Crippen molar-refractivity contribution in [1.82, 2.24) is 14.8 Å². The van der Waals surface area contributed by atoms with Crippen LogP contribution < -0.4 is 0 Å². The molecule has 0 saturated carbocycles. The number of aryl methyl sites for hydroxylation is 3. The van der Waals surface area contributed by atoms with E-state index in [9.17, 15) is 4.79 Å². The lowest BCUT2D eigenvalue weighted by molar-refractivity contribution is -0.136. The Bertz CT molecular complexity index is 879. The molecule has 0 radical (unpaired) electrons. The average molecular weight is 329 g/mol. The molecule has 1 N–H and O–H groups in total. The van der Waals surface area contributed by atoms with E-state index in [1.807, 2.05) is 24.7 Å². The van der Waals surface area contributed by atoms with Gasteiger partial charge in [0.05, 0.1) is 12.7 Å². The summed E-state index contributed by atoms with van der Waals surface area (Å²) in [6.07, 6.45) is 2.46. The topological polar surface area (TPSA) is 68.0 Å². The van der Waals surface area contributed by atoms with Gasteiger partial charge in [0.1, 0.15) is 0 Å². The van der Waals surface area contributed by atoms with Gasteiger partial charge in [-0.05, 0) is 50.5 Å². The van der Waals surface area contributed by atoms with E-state index < -0.39 is 5.97 Å². The fourth-order valence-corrected chi connectivity index (χ4v) is 3.73. The van der Waals surface area contributed by atoms with Crippen LogP contribution in [-0.4, -0.2) is 25.8 Å². The fourth-order valence-electron chi connectivity index (χ4n) is 2.86. The van der Waals surface area contributed by atoms with Gasteiger partial charge in [-0.15, -0.1) is 11.3 Å². The molecule has 0 unspecified atom stereocenters. The summed E-state index contributed by atoms with van der Waals surface area (Å²) < 4.78 is 1.92. The Morgan fingerprint density at radius 3 is 2.74 bits per heavy atom. The van der Waals surface area contributed by atoms with Gasteiger partial charge < -0.3 is 5.11 Å². The maximum atomic E-state index is 10.8. The number of carboxylic acids is 1. The molecular weight excluding hydrogens is 310 g/mol. The van der Waals surface area contributed by atoms with Crippen molar-refractivity contribution in [3.63, 3.8) is 0 Å². The molecule has 3 heterocycles. The maximum Gasteiger partial charge on any atom is 0.303 e. The molecule has 3 aromatic heterocycles. The van der Waals surface area contributed by atoms with Crippen LogP contribution in [0.25, 0.3) is 11.0 Å². The Hall–Kier alpha value is -2.21. The van der Waals surface area contributed by atoms with Gasteiger partial charge in [-0.1, -0.05) is 0 Å². The molecular formula is C17H19N3O2S. The molecule has 0 bridgehead atoms. The van der Waals surface area contributed by atoms with Gasteiger partial charge in [-0.25, -0.2) is 9.67 Å². The van der Waals surface area contributed by atoms with Gasteiger partial charge in [0.2, 0.25) is 0 Å². The Labute approximate surface area is 138 Å². The second-order valence-electron chi connectivity index (χ2n) is 5.75. The zero-order chi connectivity index (χ0) is 16.6. The molecule has 120 valence electrons. The van der Waals surface area contributed by atoms with Crippen LogP contribution >= 0.6 is 11.3 Å². The lowest BCUT2D eigenvalue weighted by Gasteiger charge is -2.10. The summed E-state index contributed by atoms with van der Waals surface area (Å²) in [5, 5.41) is 14.4. The van der Waals surface area contributed by atoms with E-state index >= 15 is 0 Å². The minimum absolute atomic E-state index is 0.122. The summed E-state index contributed by atoms with van der Waals surface area (Å²) in [6.45, 7) is 6.77. The van der Waals surface area contributed by atoms with Gasteiger partial charge in [-0.2, -0.15) is 5.10 Å². The van der Waals surface area contributed by atoms with Crippen molar-refractivity contribution >= 4 is 28.3 Å². The number of hydrogen-bond acceptors (Lipinski definition) is 4. The number of aliphatic carboxylic acids is 1. The van der Waals surface area contributed by atoms with Crippen molar-refractivity contribution in [2.75, 3.05) is 0 Å². The monoisotopic (exact) mass is 329 g/mol. The van der Waals surface area contributed by atoms with Crippen molar-refractivity contribution in [3.8, 4) is 0 Å². The predicted octanol–water partition coefficient (Wildman–Crippen LogP) is 3.48. The van der Waals surface area contributed by atoms with Crippen LogP contribution in [0, 0.1) is 20.8 Å². The van der Waals surface area contributed by atoms with Gasteiger partial charge in [0.25, 0.3) is 0 Å². The number of carbonyl (C=O) groups is 1. The molecule has 6 heteroatoms. The Morgan fingerprint density at radius 1 is 1.30 bits per heavy atom. The van der Waals surface area contributed by atoms with Gasteiger partial charge >= 0.3 is 5.97 Å². The van der Waals surface area contributed by atoms with E-state index in [2.05, 4.69) is 29.1 Å². The number of nitrogens with zero attached hydrogens (tertiary/aromatic N) is 3. The third-order valence-corrected chi connectivity index (χ3v) is 5.05. The number of hydrogen-bond donors (Lipinski definition) is 1. The lowest BCUT2D eigenvalue weighted by atomic mass is 10.0. The number of fused-ring (bicyclic) bond motifs is 1. The SMILES string of the molecule is Cc1ccc(Cn2ncc3c(C)c(CCC(=O)O)c(C)nc32)s1. The number of carboxylic acid groups (broad SMARTS) is 1. The second-order valence-corrected chi connectivity index (χ2v) is 7.12. The second kappa shape index (κ2) is 6.12. The summed E-state index contributed by atoms with van der Waals surface area (Å²) in [4.78, 5) is 18.1. The first-order valence-electron chi connectivity index (χ1n) is 7.54. The molecule has 0 spiro atoms. The van der Waals surface area contributed by atoms with E-state index in [4.69, 9.17) is 5.11 Å². The molecule has 3 aromatic rings. The zero-order valence-corrected chi connectivity index (χ0v) is 14.3. The average Bonchev–Trinajstić information content (AvgIpc) is 3.06. The number of pyridine rings is 1. The molecule has 0 aliphatic rings. The third kappa shape index (κ3) is 3.12. The van der Waals surface area contributed by atoms with Crippen LogP contribution in [0.3, 0.4) is 0 Å². The quantitative estimate of drug-likeness (QED) is 0.778. The highest BCUT2D eigenvalue weighted by atomic mass is 32.1. The fraction of sp³-hybridized carbons (Fsp3) is 0.353.